The highest BCUT2D eigenvalue weighted by Crippen LogP contribution is 2.16. The van der Waals surface area contributed by atoms with E-state index in [4.69, 9.17) is 21.7 Å². The zero-order valence-electron chi connectivity index (χ0n) is 10.3. The quantitative estimate of drug-likeness (QED) is 0.496. The summed E-state index contributed by atoms with van der Waals surface area (Å²) >= 11 is 7.12. The summed E-state index contributed by atoms with van der Waals surface area (Å²) in [6.07, 6.45) is 0. The summed E-state index contributed by atoms with van der Waals surface area (Å²) in [6.45, 7) is 1.80. The zero-order valence-corrected chi connectivity index (χ0v) is 11.9. The van der Waals surface area contributed by atoms with Gasteiger partial charge >= 0.3 is 5.97 Å². The topological polar surface area (TPSA) is 75.3 Å². The molecule has 0 aliphatic heterocycles. The summed E-state index contributed by atoms with van der Waals surface area (Å²) in [6, 6.07) is 8.27. The van der Waals surface area contributed by atoms with E-state index in [1.807, 2.05) is 6.07 Å². The molecule has 0 aliphatic carbocycles. The molecule has 20 heavy (non-hydrogen) atoms. The van der Waals surface area contributed by atoms with Crippen LogP contribution < -0.4 is 0 Å². The Balaban J connectivity index is 2.18. The molecular weight excluding hydrogens is 298 g/mol. The Kier molecular flexibility index (Phi) is 4.45. The lowest BCUT2D eigenvalue weighted by Gasteiger charge is -2.00. The summed E-state index contributed by atoms with van der Waals surface area (Å²) in [4.78, 5) is 20.6. The number of carbonyl (C=O) groups excluding carboxylic acids is 1. The fourth-order valence-corrected chi connectivity index (χ4v) is 2.27. The number of aromatic nitrogens is 1. The highest BCUT2D eigenvalue weighted by molar-refractivity contribution is 7.12. The van der Waals surface area contributed by atoms with Crippen LogP contribution in [0, 0.1) is 18.3 Å². The third-order valence-corrected chi connectivity index (χ3v) is 3.54. The van der Waals surface area contributed by atoms with Crippen LogP contribution in [0.25, 0.3) is 0 Å². The molecule has 0 saturated heterocycles. The molecule has 0 radical (unpaired) electrons. The highest BCUT2D eigenvalue weighted by atomic mass is 35.5. The molecular formula is C13H8ClN3O2S. The normalized spacial score (nSPS) is 10.9. The van der Waals surface area contributed by atoms with Crippen molar-refractivity contribution in [2.24, 2.45) is 5.16 Å². The van der Waals surface area contributed by atoms with Gasteiger partial charge in [0, 0.05) is 11.1 Å². The van der Waals surface area contributed by atoms with E-state index in [-0.39, 0.29) is 16.3 Å². The number of aryl methyl sites for hydroxylation is 1. The van der Waals surface area contributed by atoms with Crippen molar-refractivity contribution in [3.05, 3.63) is 50.9 Å². The minimum atomic E-state index is -0.725. The smallest absolute Gasteiger partial charge is 0.311 e. The summed E-state index contributed by atoms with van der Waals surface area (Å²) in [7, 11) is 0. The van der Waals surface area contributed by atoms with Crippen LogP contribution in [0.1, 0.15) is 21.1 Å². The number of rotatable bonds is 3. The van der Waals surface area contributed by atoms with Gasteiger partial charge in [-0.1, -0.05) is 28.9 Å². The molecule has 1 heterocycles. The Morgan fingerprint density at radius 1 is 1.50 bits per heavy atom. The Morgan fingerprint density at radius 2 is 2.25 bits per heavy atom. The number of thiazole rings is 1. The van der Waals surface area contributed by atoms with Gasteiger partial charge in [0.25, 0.3) is 0 Å². The minimum Gasteiger partial charge on any atom is -0.311 e. The van der Waals surface area contributed by atoms with E-state index in [2.05, 4.69) is 10.1 Å². The van der Waals surface area contributed by atoms with E-state index in [1.54, 1.807) is 30.5 Å². The second-order valence-corrected chi connectivity index (χ2v) is 4.97. The van der Waals surface area contributed by atoms with Gasteiger partial charge in [0.15, 0.2) is 5.01 Å². The summed E-state index contributed by atoms with van der Waals surface area (Å²) in [5, 5.41) is 15.0. The van der Waals surface area contributed by atoms with E-state index in [9.17, 15) is 4.79 Å². The molecule has 0 bridgehead atoms. The molecule has 1 aromatic heterocycles. The lowest BCUT2D eigenvalue weighted by molar-refractivity contribution is 0.0517. The predicted molar refractivity (Wildman–Crippen MR) is 75.9 cm³/mol. The molecule has 1 aromatic carbocycles. The van der Waals surface area contributed by atoms with Gasteiger partial charge in [-0.05, 0) is 19.1 Å². The molecule has 100 valence electrons. The number of halogens is 1. The van der Waals surface area contributed by atoms with E-state index in [0.717, 1.165) is 5.69 Å². The van der Waals surface area contributed by atoms with Gasteiger partial charge in [-0.3, -0.25) is 0 Å². The molecule has 0 N–H and O–H groups in total. The highest BCUT2D eigenvalue weighted by Gasteiger charge is 2.13. The molecule has 0 saturated carbocycles. The second kappa shape index (κ2) is 6.28. The Morgan fingerprint density at radius 3 is 2.85 bits per heavy atom. The molecule has 2 rings (SSSR count). The first-order valence-corrected chi connectivity index (χ1v) is 6.74. The molecule has 7 heteroatoms. The summed E-state index contributed by atoms with van der Waals surface area (Å²) in [5.74, 6) is -0.725. The molecule has 0 amide bonds. The first-order chi connectivity index (χ1) is 9.61. The van der Waals surface area contributed by atoms with Crippen molar-refractivity contribution in [1.82, 2.24) is 4.98 Å². The molecule has 0 spiro atoms. The van der Waals surface area contributed by atoms with Gasteiger partial charge in [-0.15, -0.1) is 11.3 Å². The van der Waals surface area contributed by atoms with Crippen LogP contribution in [0.4, 0.5) is 0 Å². The van der Waals surface area contributed by atoms with E-state index >= 15 is 0 Å². The average molecular weight is 306 g/mol. The van der Waals surface area contributed by atoms with Gasteiger partial charge in [0.05, 0.1) is 10.6 Å². The van der Waals surface area contributed by atoms with Crippen LogP contribution in [0.3, 0.4) is 0 Å². The minimum absolute atomic E-state index is 0.0523. The van der Waals surface area contributed by atoms with Gasteiger partial charge in [-0.2, -0.15) is 5.26 Å². The maximum Gasteiger partial charge on any atom is 0.367 e. The van der Waals surface area contributed by atoms with Crippen molar-refractivity contribution >= 4 is 34.6 Å². The molecule has 0 unspecified atom stereocenters. The third-order valence-electron chi connectivity index (χ3n) is 2.24. The number of nitriles is 1. The first kappa shape index (κ1) is 14.2. The van der Waals surface area contributed by atoms with Crippen LogP contribution in [0.2, 0.25) is 5.02 Å². The zero-order chi connectivity index (χ0) is 14.5. The van der Waals surface area contributed by atoms with Crippen molar-refractivity contribution in [2.75, 3.05) is 0 Å². The number of carbonyl (C=O) groups is 1. The predicted octanol–water partition coefficient (Wildman–Crippen LogP) is 3.19. The average Bonchev–Trinajstić information content (AvgIpc) is 2.86. The SMILES string of the molecule is Cc1csc(/C(C#N)=N/OC(=O)c2ccccc2Cl)n1. The van der Waals surface area contributed by atoms with Crippen LogP contribution >= 0.6 is 22.9 Å². The van der Waals surface area contributed by atoms with Gasteiger partial charge in [-0.25, -0.2) is 9.78 Å². The number of nitrogens with zero attached hydrogens (tertiary/aromatic N) is 3. The monoisotopic (exact) mass is 305 g/mol. The lowest BCUT2D eigenvalue weighted by Crippen LogP contribution is -2.05. The van der Waals surface area contributed by atoms with Gasteiger partial charge < -0.3 is 4.84 Å². The maximum absolute atomic E-state index is 11.8. The van der Waals surface area contributed by atoms with Crippen molar-refractivity contribution in [3.63, 3.8) is 0 Å². The maximum atomic E-state index is 11.8. The van der Waals surface area contributed by atoms with E-state index in [0.29, 0.717) is 5.01 Å². The van der Waals surface area contributed by atoms with Crippen LogP contribution in [0.5, 0.6) is 0 Å². The van der Waals surface area contributed by atoms with Crippen molar-refractivity contribution in [3.8, 4) is 6.07 Å². The Hall–Kier alpha value is -2.23. The Bertz CT molecular complexity index is 718. The van der Waals surface area contributed by atoms with Crippen LogP contribution in [0.15, 0.2) is 34.8 Å². The number of hydrogen-bond acceptors (Lipinski definition) is 6. The van der Waals surface area contributed by atoms with Crippen LogP contribution in [-0.2, 0) is 4.84 Å². The largest absolute Gasteiger partial charge is 0.367 e. The fraction of sp³-hybridized carbons (Fsp3) is 0.0769. The fourth-order valence-electron chi connectivity index (χ4n) is 1.33. The summed E-state index contributed by atoms with van der Waals surface area (Å²) < 4.78 is 0. The Labute approximate surface area is 124 Å². The second-order valence-electron chi connectivity index (χ2n) is 3.70. The molecule has 2 aromatic rings. The molecule has 0 aliphatic rings. The number of benzene rings is 1. The molecule has 5 nitrogen and oxygen atoms in total. The van der Waals surface area contributed by atoms with E-state index in [1.165, 1.54) is 17.4 Å². The lowest BCUT2D eigenvalue weighted by atomic mass is 10.2. The number of hydrogen-bond donors (Lipinski definition) is 0. The summed E-state index contributed by atoms with van der Waals surface area (Å²) in [5.41, 5.74) is 0.902. The standard InChI is InChI=1S/C13H8ClN3O2S/c1-8-7-20-12(16-8)11(6-15)17-19-13(18)9-4-2-3-5-10(9)14/h2-5,7H,1H3/b17-11+. The third kappa shape index (κ3) is 3.20. The van der Waals surface area contributed by atoms with Crippen molar-refractivity contribution < 1.29 is 9.63 Å². The van der Waals surface area contributed by atoms with Crippen LogP contribution in [-0.4, -0.2) is 16.7 Å². The number of oxime groups is 1. The van der Waals surface area contributed by atoms with Crippen molar-refractivity contribution in [1.29, 1.82) is 5.26 Å². The van der Waals surface area contributed by atoms with Crippen molar-refractivity contribution in [2.45, 2.75) is 6.92 Å². The van der Waals surface area contributed by atoms with E-state index < -0.39 is 5.97 Å². The molecule has 0 fully saturated rings. The van der Waals surface area contributed by atoms with Gasteiger partial charge in [0.1, 0.15) is 6.07 Å². The van der Waals surface area contributed by atoms with Gasteiger partial charge in [0.2, 0.25) is 5.71 Å². The first-order valence-electron chi connectivity index (χ1n) is 5.48. The molecule has 0 atom stereocenters.